The lowest BCUT2D eigenvalue weighted by Gasteiger charge is -2.04. The lowest BCUT2D eigenvalue weighted by Crippen LogP contribution is -1.94. The van der Waals surface area contributed by atoms with Gasteiger partial charge in [0, 0.05) is 16.9 Å². The first kappa shape index (κ1) is 8.56. The van der Waals surface area contributed by atoms with E-state index in [1.54, 1.807) is 18.2 Å². The van der Waals surface area contributed by atoms with Crippen molar-refractivity contribution in [1.82, 2.24) is 0 Å². The van der Waals surface area contributed by atoms with E-state index in [1.807, 2.05) is 12.1 Å². The van der Waals surface area contributed by atoms with Gasteiger partial charge in [0.15, 0.2) is 6.29 Å². The molecule has 0 aliphatic rings. The second-order valence-electron chi connectivity index (χ2n) is 3.17. The van der Waals surface area contributed by atoms with Gasteiger partial charge in [-0.25, -0.2) is 0 Å². The molecule has 0 amide bonds. The van der Waals surface area contributed by atoms with Gasteiger partial charge in [0.2, 0.25) is 0 Å². The van der Waals surface area contributed by atoms with Crippen molar-refractivity contribution in [2.75, 3.05) is 11.5 Å². The fraction of sp³-hybridized carbons (Fsp3) is 0. The molecule has 4 N–H and O–H groups in total. The van der Waals surface area contributed by atoms with Crippen LogP contribution in [0, 0.1) is 0 Å². The van der Waals surface area contributed by atoms with Crippen LogP contribution in [0.2, 0.25) is 0 Å². The Morgan fingerprint density at radius 1 is 1.07 bits per heavy atom. The van der Waals surface area contributed by atoms with Crippen molar-refractivity contribution in [2.45, 2.75) is 0 Å². The third kappa shape index (κ3) is 1.19. The summed E-state index contributed by atoms with van der Waals surface area (Å²) in [7, 11) is 0. The van der Waals surface area contributed by atoms with Crippen molar-refractivity contribution < 1.29 is 4.79 Å². The maximum absolute atomic E-state index is 10.8. The number of nitrogens with two attached hydrogens (primary N) is 2. The summed E-state index contributed by atoms with van der Waals surface area (Å²) in [5, 5.41) is 1.77. The van der Waals surface area contributed by atoms with Crippen LogP contribution in [-0.4, -0.2) is 6.29 Å². The Balaban J connectivity index is 2.91. The minimum absolute atomic E-state index is 0.484. The van der Waals surface area contributed by atoms with Crippen LogP contribution in [0.1, 0.15) is 10.4 Å². The minimum atomic E-state index is 0.484. The SMILES string of the molecule is Nc1ccc2ccc(N)c(C=O)c2c1. The van der Waals surface area contributed by atoms with Crippen molar-refractivity contribution in [2.24, 2.45) is 0 Å². The zero-order valence-corrected chi connectivity index (χ0v) is 7.53. The summed E-state index contributed by atoms with van der Waals surface area (Å²) in [6.07, 6.45) is 0.761. The molecule has 0 saturated heterocycles. The molecule has 0 fully saturated rings. The van der Waals surface area contributed by atoms with Gasteiger partial charge in [-0.2, -0.15) is 0 Å². The molecule has 0 radical (unpaired) electrons. The van der Waals surface area contributed by atoms with Crippen LogP contribution in [0.5, 0.6) is 0 Å². The molecule has 70 valence electrons. The van der Waals surface area contributed by atoms with Gasteiger partial charge < -0.3 is 11.5 Å². The number of nitrogen functional groups attached to an aromatic ring is 2. The average Bonchev–Trinajstić information content (AvgIpc) is 2.17. The van der Waals surface area contributed by atoms with Gasteiger partial charge in [-0.3, -0.25) is 4.79 Å². The Morgan fingerprint density at radius 3 is 2.50 bits per heavy atom. The third-order valence-electron chi connectivity index (χ3n) is 2.24. The van der Waals surface area contributed by atoms with Crippen LogP contribution in [-0.2, 0) is 0 Å². The van der Waals surface area contributed by atoms with Crippen LogP contribution >= 0.6 is 0 Å². The second-order valence-corrected chi connectivity index (χ2v) is 3.17. The molecule has 0 spiro atoms. The summed E-state index contributed by atoms with van der Waals surface area (Å²) in [6.45, 7) is 0. The molecule has 0 bridgehead atoms. The van der Waals surface area contributed by atoms with E-state index in [4.69, 9.17) is 11.5 Å². The van der Waals surface area contributed by atoms with Gasteiger partial charge >= 0.3 is 0 Å². The fourth-order valence-electron chi connectivity index (χ4n) is 1.51. The molecule has 3 nitrogen and oxygen atoms in total. The van der Waals surface area contributed by atoms with Crippen molar-refractivity contribution >= 4 is 28.4 Å². The van der Waals surface area contributed by atoms with Gasteiger partial charge in [-0.15, -0.1) is 0 Å². The molecule has 0 atom stereocenters. The lowest BCUT2D eigenvalue weighted by molar-refractivity contribution is 0.112. The summed E-state index contributed by atoms with van der Waals surface area (Å²) < 4.78 is 0. The Labute approximate surface area is 81.3 Å². The molecule has 0 aliphatic heterocycles. The van der Waals surface area contributed by atoms with Gasteiger partial charge in [-0.05, 0) is 29.0 Å². The summed E-state index contributed by atoms with van der Waals surface area (Å²) in [5.41, 5.74) is 12.9. The molecule has 2 rings (SSSR count). The maximum atomic E-state index is 10.8. The first-order valence-corrected chi connectivity index (χ1v) is 4.25. The first-order valence-electron chi connectivity index (χ1n) is 4.25. The fourth-order valence-corrected chi connectivity index (χ4v) is 1.51. The van der Waals surface area contributed by atoms with E-state index in [9.17, 15) is 4.79 Å². The van der Waals surface area contributed by atoms with Crippen molar-refractivity contribution in [1.29, 1.82) is 0 Å². The van der Waals surface area contributed by atoms with E-state index in [0.29, 0.717) is 16.9 Å². The largest absolute Gasteiger partial charge is 0.399 e. The highest BCUT2D eigenvalue weighted by atomic mass is 16.1. The van der Waals surface area contributed by atoms with E-state index in [1.165, 1.54) is 0 Å². The van der Waals surface area contributed by atoms with Crippen LogP contribution in [0.25, 0.3) is 10.8 Å². The Hall–Kier alpha value is -2.03. The normalized spacial score (nSPS) is 10.3. The Morgan fingerprint density at radius 2 is 1.79 bits per heavy atom. The highest BCUT2D eigenvalue weighted by Gasteiger charge is 2.04. The monoisotopic (exact) mass is 186 g/mol. The summed E-state index contributed by atoms with van der Waals surface area (Å²) >= 11 is 0. The standard InChI is InChI=1S/C11H10N2O/c12-8-3-1-7-2-4-11(13)10(6-14)9(7)5-8/h1-6H,12-13H2. The second kappa shape index (κ2) is 3.03. The average molecular weight is 186 g/mol. The molecular weight excluding hydrogens is 176 g/mol. The number of rotatable bonds is 1. The molecule has 0 heterocycles. The molecule has 0 aromatic heterocycles. The smallest absolute Gasteiger partial charge is 0.152 e. The van der Waals surface area contributed by atoms with Gasteiger partial charge in [0.1, 0.15) is 0 Å². The molecule has 2 aromatic rings. The van der Waals surface area contributed by atoms with Gasteiger partial charge in [-0.1, -0.05) is 12.1 Å². The van der Waals surface area contributed by atoms with Crippen molar-refractivity contribution in [3.63, 3.8) is 0 Å². The van der Waals surface area contributed by atoms with Gasteiger partial charge in [0.25, 0.3) is 0 Å². The van der Waals surface area contributed by atoms with Gasteiger partial charge in [0.05, 0.1) is 0 Å². The van der Waals surface area contributed by atoms with E-state index in [0.717, 1.165) is 17.1 Å². The lowest BCUT2D eigenvalue weighted by atomic mass is 10.0. The number of hydrogen-bond donors (Lipinski definition) is 2. The highest BCUT2D eigenvalue weighted by molar-refractivity contribution is 6.03. The number of carbonyl (C=O) groups is 1. The number of carbonyl (C=O) groups excluding carboxylic acids is 1. The molecule has 0 saturated carbocycles. The number of benzene rings is 2. The van der Waals surface area contributed by atoms with E-state index in [-0.39, 0.29) is 0 Å². The summed E-state index contributed by atoms with van der Waals surface area (Å²) in [6, 6.07) is 9.03. The van der Waals surface area contributed by atoms with Crippen LogP contribution in [0.15, 0.2) is 30.3 Å². The molecule has 2 aromatic carbocycles. The van der Waals surface area contributed by atoms with E-state index < -0.39 is 0 Å². The van der Waals surface area contributed by atoms with E-state index >= 15 is 0 Å². The molecule has 0 unspecified atom stereocenters. The zero-order chi connectivity index (χ0) is 10.1. The van der Waals surface area contributed by atoms with Crippen LogP contribution in [0.4, 0.5) is 11.4 Å². The summed E-state index contributed by atoms with van der Waals surface area (Å²) in [5.74, 6) is 0. The first-order chi connectivity index (χ1) is 6.72. The molecular formula is C11H10N2O. The number of fused-ring (bicyclic) bond motifs is 1. The maximum Gasteiger partial charge on any atom is 0.152 e. The molecule has 14 heavy (non-hydrogen) atoms. The topological polar surface area (TPSA) is 69.1 Å². The van der Waals surface area contributed by atoms with Crippen LogP contribution in [0.3, 0.4) is 0 Å². The Bertz CT molecular complexity index is 501. The number of aldehydes is 1. The molecule has 3 heteroatoms. The minimum Gasteiger partial charge on any atom is -0.399 e. The highest BCUT2D eigenvalue weighted by Crippen LogP contribution is 2.24. The number of anilines is 2. The number of hydrogen-bond acceptors (Lipinski definition) is 3. The quantitative estimate of drug-likeness (QED) is 0.527. The predicted molar refractivity (Wildman–Crippen MR) is 58.2 cm³/mol. The Kier molecular flexibility index (Phi) is 1.85. The predicted octanol–water partition coefficient (Wildman–Crippen LogP) is 1.82. The summed E-state index contributed by atoms with van der Waals surface area (Å²) in [4.78, 5) is 10.8. The zero-order valence-electron chi connectivity index (χ0n) is 7.53. The van der Waals surface area contributed by atoms with Crippen molar-refractivity contribution in [3.05, 3.63) is 35.9 Å². The van der Waals surface area contributed by atoms with Crippen molar-refractivity contribution in [3.8, 4) is 0 Å². The third-order valence-corrected chi connectivity index (χ3v) is 2.24. The van der Waals surface area contributed by atoms with E-state index in [2.05, 4.69) is 0 Å². The van der Waals surface area contributed by atoms with Crippen LogP contribution < -0.4 is 11.5 Å². The molecule has 0 aliphatic carbocycles.